The number of carbonyl (C=O) groups excluding carboxylic acids is 1. The molecule has 1 aromatic carbocycles. The molecule has 0 saturated heterocycles. The van der Waals surface area contributed by atoms with Gasteiger partial charge in [-0.3, -0.25) is 14.6 Å². The Morgan fingerprint density at radius 3 is 2.68 bits per heavy atom. The average molecular weight is 378 g/mol. The van der Waals surface area contributed by atoms with Gasteiger partial charge in [-0.2, -0.15) is 0 Å². The largest absolute Gasteiger partial charge is 0.450 e. The van der Waals surface area contributed by atoms with Crippen LogP contribution in [0.3, 0.4) is 0 Å². The number of aryl methyl sites for hydroxylation is 2. The molecule has 2 aromatic heterocycles. The molecule has 0 aliphatic carbocycles. The SMILES string of the molecule is COCCCN1C(=O)c2oc3cc(C)c(C)cc3c(=O)c2C1c1ccccn1. The highest BCUT2D eigenvalue weighted by Crippen LogP contribution is 2.37. The predicted molar refractivity (Wildman–Crippen MR) is 106 cm³/mol. The van der Waals surface area contributed by atoms with Gasteiger partial charge < -0.3 is 14.1 Å². The number of nitrogens with zero attached hydrogens (tertiary/aromatic N) is 2. The highest BCUT2D eigenvalue weighted by molar-refractivity contribution is 5.99. The third-order valence-electron chi connectivity index (χ3n) is 5.30. The fourth-order valence-corrected chi connectivity index (χ4v) is 3.73. The Hall–Kier alpha value is -2.99. The zero-order chi connectivity index (χ0) is 19.8. The molecule has 0 bridgehead atoms. The maximum Gasteiger partial charge on any atom is 0.290 e. The first kappa shape index (κ1) is 18.4. The molecule has 28 heavy (non-hydrogen) atoms. The summed E-state index contributed by atoms with van der Waals surface area (Å²) in [5.74, 6) is -0.159. The number of benzene rings is 1. The normalized spacial score (nSPS) is 16.0. The molecule has 144 valence electrons. The van der Waals surface area contributed by atoms with Crippen LogP contribution in [0.4, 0.5) is 0 Å². The minimum Gasteiger partial charge on any atom is -0.450 e. The van der Waals surface area contributed by atoms with Gasteiger partial charge in [-0.15, -0.1) is 0 Å². The number of pyridine rings is 1. The van der Waals surface area contributed by atoms with Crippen LogP contribution in [0.15, 0.2) is 45.7 Å². The number of ether oxygens (including phenoxy) is 1. The number of amides is 1. The average Bonchev–Trinajstić information content (AvgIpc) is 2.97. The zero-order valence-electron chi connectivity index (χ0n) is 16.2. The molecule has 1 atom stereocenters. The standard InChI is InChI=1S/C22H22N2O4/c1-13-11-15-17(12-14(13)2)28-21-18(20(15)25)19(16-7-4-5-8-23-16)24(22(21)26)9-6-10-27-3/h4-5,7-8,11-12,19H,6,9-10H2,1-3H3. The van der Waals surface area contributed by atoms with Crippen LogP contribution in [-0.4, -0.2) is 36.1 Å². The molecular weight excluding hydrogens is 356 g/mol. The summed E-state index contributed by atoms with van der Waals surface area (Å²) in [7, 11) is 1.62. The molecule has 0 fully saturated rings. The molecule has 1 aliphatic heterocycles. The summed E-state index contributed by atoms with van der Waals surface area (Å²) in [6.07, 6.45) is 2.33. The predicted octanol–water partition coefficient (Wildman–Crippen LogP) is 3.39. The van der Waals surface area contributed by atoms with E-state index in [1.54, 1.807) is 18.2 Å². The monoisotopic (exact) mass is 378 g/mol. The van der Waals surface area contributed by atoms with Crippen LogP contribution in [0.5, 0.6) is 0 Å². The van der Waals surface area contributed by atoms with E-state index in [1.165, 1.54) is 0 Å². The number of hydrogen-bond acceptors (Lipinski definition) is 5. The van der Waals surface area contributed by atoms with Crippen molar-refractivity contribution in [1.82, 2.24) is 9.88 Å². The zero-order valence-corrected chi connectivity index (χ0v) is 16.2. The fourth-order valence-electron chi connectivity index (χ4n) is 3.73. The first-order valence-corrected chi connectivity index (χ1v) is 9.31. The number of methoxy groups -OCH3 is 1. The topological polar surface area (TPSA) is 72.6 Å². The second kappa shape index (κ2) is 7.20. The van der Waals surface area contributed by atoms with E-state index in [4.69, 9.17) is 9.15 Å². The number of fused-ring (bicyclic) bond motifs is 2. The van der Waals surface area contributed by atoms with Crippen molar-refractivity contribution in [3.8, 4) is 0 Å². The van der Waals surface area contributed by atoms with Crippen molar-refractivity contribution in [2.24, 2.45) is 0 Å². The van der Waals surface area contributed by atoms with E-state index in [0.29, 0.717) is 41.8 Å². The Morgan fingerprint density at radius 2 is 1.96 bits per heavy atom. The summed E-state index contributed by atoms with van der Waals surface area (Å²) >= 11 is 0. The van der Waals surface area contributed by atoms with Crippen LogP contribution in [0, 0.1) is 13.8 Å². The highest BCUT2D eigenvalue weighted by atomic mass is 16.5. The molecule has 3 aromatic rings. The number of carbonyl (C=O) groups is 1. The summed E-state index contributed by atoms with van der Waals surface area (Å²) in [5, 5.41) is 0.495. The molecule has 1 aliphatic rings. The van der Waals surface area contributed by atoms with E-state index in [9.17, 15) is 9.59 Å². The van der Waals surface area contributed by atoms with Crippen LogP contribution in [0.2, 0.25) is 0 Å². The van der Waals surface area contributed by atoms with Gasteiger partial charge in [0.15, 0.2) is 5.43 Å². The molecule has 1 unspecified atom stereocenters. The van der Waals surface area contributed by atoms with Gasteiger partial charge in [0.25, 0.3) is 5.91 Å². The molecule has 4 rings (SSSR count). The fraction of sp³-hybridized carbons (Fsp3) is 0.318. The summed E-state index contributed by atoms with van der Waals surface area (Å²) in [6.45, 7) is 4.89. The van der Waals surface area contributed by atoms with E-state index in [1.807, 2.05) is 44.2 Å². The summed E-state index contributed by atoms with van der Waals surface area (Å²) < 4.78 is 11.1. The van der Waals surface area contributed by atoms with Crippen molar-refractivity contribution in [1.29, 1.82) is 0 Å². The lowest BCUT2D eigenvalue weighted by Crippen LogP contribution is -2.31. The first-order valence-electron chi connectivity index (χ1n) is 9.31. The van der Waals surface area contributed by atoms with Crippen molar-refractivity contribution in [3.63, 3.8) is 0 Å². The quantitative estimate of drug-likeness (QED) is 0.637. The van der Waals surface area contributed by atoms with Crippen LogP contribution >= 0.6 is 0 Å². The lowest BCUT2D eigenvalue weighted by Gasteiger charge is -2.24. The molecule has 6 nitrogen and oxygen atoms in total. The van der Waals surface area contributed by atoms with Gasteiger partial charge in [0.05, 0.1) is 16.6 Å². The number of aromatic nitrogens is 1. The molecular formula is C22H22N2O4. The number of rotatable bonds is 5. The van der Waals surface area contributed by atoms with Gasteiger partial charge in [-0.1, -0.05) is 6.07 Å². The molecule has 3 heterocycles. The van der Waals surface area contributed by atoms with Crippen molar-refractivity contribution < 1.29 is 13.9 Å². The van der Waals surface area contributed by atoms with E-state index in [0.717, 1.165) is 11.1 Å². The first-order chi connectivity index (χ1) is 13.5. The van der Waals surface area contributed by atoms with E-state index in [2.05, 4.69) is 4.98 Å². The minimum absolute atomic E-state index is 0.119. The summed E-state index contributed by atoms with van der Waals surface area (Å²) in [4.78, 5) is 32.6. The van der Waals surface area contributed by atoms with Crippen LogP contribution in [-0.2, 0) is 4.74 Å². The molecule has 0 radical (unpaired) electrons. The van der Waals surface area contributed by atoms with Crippen molar-refractivity contribution in [2.45, 2.75) is 26.3 Å². The van der Waals surface area contributed by atoms with Crippen LogP contribution < -0.4 is 5.43 Å². The number of hydrogen-bond donors (Lipinski definition) is 0. The second-order valence-corrected chi connectivity index (χ2v) is 7.11. The molecule has 0 saturated carbocycles. The Morgan fingerprint density at radius 1 is 1.18 bits per heavy atom. The third kappa shape index (κ3) is 2.90. The van der Waals surface area contributed by atoms with Gasteiger partial charge in [0.1, 0.15) is 11.6 Å². The molecule has 0 N–H and O–H groups in total. The van der Waals surface area contributed by atoms with Crippen LogP contribution in [0.1, 0.15) is 45.4 Å². The van der Waals surface area contributed by atoms with Gasteiger partial charge in [-0.05, 0) is 55.7 Å². The molecule has 1 amide bonds. The summed E-state index contributed by atoms with van der Waals surface area (Å²) in [6, 6.07) is 8.61. The Labute approximate surface area is 162 Å². The maximum atomic E-state index is 13.4. The van der Waals surface area contributed by atoms with Crippen molar-refractivity contribution >= 4 is 16.9 Å². The lowest BCUT2D eigenvalue weighted by atomic mass is 10.0. The Balaban J connectivity index is 1.93. The third-order valence-corrected chi connectivity index (χ3v) is 5.30. The lowest BCUT2D eigenvalue weighted by molar-refractivity contribution is 0.0705. The summed E-state index contributed by atoms with van der Waals surface area (Å²) in [5.41, 5.74) is 3.32. The highest BCUT2D eigenvalue weighted by Gasteiger charge is 2.43. The Bertz CT molecular complexity index is 1100. The van der Waals surface area contributed by atoms with Gasteiger partial charge >= 0.3 is 0 Å². The van der Waals surface area contributed by atoms with E-state index in [-0.39, 0.29) is 17.1 Å². The van der Waals surface area contributed by atoms with E-state index < -0.39 is 6.04 Å². The molecule has 6 heteroatoms. The van der Waals surface area contributed by atoms with Crippen molar-refractivity contribution in [3.05, 3.63) is 74.9 Å². The van der Waals surface area contributed by atoms with Crippen LogP contribution in [0.25, 0.3) is 11.0 Å². The van der Waals surface area contributed by atoms with Crippen molar-refractivity contribution in [2.75, 3.05) is 20.3 Å². The molecule has 0 spiro atoms. The minimum atomic E-state index is -0.553. The second-order valence-electron chi connectivity index (χ2n) is 7.11. The van der Waals surface area contributed by atoms with Gasteiger partial charge in [-0.25, -0.2) is 0 Å². The van der Waals surface area contributed by atoms with Gasteiger partial charge in [0.2, 0.25) is 5.76 Å². The maximum absolute atomic E-state index is 13.4. The Kier molecular flexibility index (Phi) is 4.73. The van der Waals surface area contributed by atoms with Gasteiger partial charge in [0, 0.05) is 26.5 Å². The smallest absolute Gasteiger partial charge is 0.290 e. The van der Waals surface area contributed by atoms with E-state index >= 15 is 0 Å².